The maximum Gasteiger partial charge on any atom is 0.306 e. The van der Waals surface area contributed by atoms with Crippen LogP contribution in [0.4, 0.5) is 0 Å². The quantitative estimate of drug-likeness (QED) is 0.762. The van der Waals surface area contributed by atoms with E-state index in [-0.39, 0.29) is 5.92 Å². The number of carbonyl (C=O) groups is 1. The van der Waals surface area contributed by atoms with Crippen molar-refractivity contribution in [3.63, 3.8) is 0 Å². The molecule has 0 aromatic heterocycles. The highest BCUT2D eigenvalue weighted by molar-refractivity contribution is 5.70. The summed E-state index contributed by atoms with van der Waals surface area (Å²) in [6.45, 7) is 5.12. The van der Waals surface area contributed by atoms with E-state index in [2.05, 4.69) is 16.8 Å². The third kappa shape index (κ3) is 4.43. The molecule has 0 amide bonds. The molecule has 2 rings (SSSR count). The van der Waals surface area contributed by atoms with Crippen molar-refractivity contribution in [3.05, 3.63) is 0 Å². The Morgan fingerprint density at radius 3 is 2.45 bits per heavy atom. The lowest BCUT2D eigenvalue weighted by Gasteiger charge is -2.37. The first-order valence-corrected chi connectivity index (χ1v) is 7.85. The third-order valence-corrected chi connectivity index (χ3v) is 4.83. The number of rotatable bonds is 6. The van der Waals surface area contributed by atoms with E-state index < -0.39 is 11.6 Å². The second-order valence-electron chi connectivity index (χ2n) is 6.62. The van der Waals surface area contributed by atoms with Gasteiger partial charge < -0.3 is 20.0 Å². The Labute approximate surface area is 121 Å². The first-order valence-electron chi connectivity index (χ1n) is 7.85. The summed E-state index contributed by atoms with van der Waals surface area (Å²) in [5.41, 5.74) is -0.689. The number of aliphatic hydroxyl groups is 1. The van der Waals surface area contributed by atoms with Gasteiger partial charge in [-0.2, -0.15) is 0 Å². The second-order valence-corrected chi connectivity index (χ2v) is 6.62. The topological polar surface area (TPSA) is 64.0 Å². The number of hydrogen-bond acceptors (Lipinski definition) is 4. The van der Waals surface area contributed by atoms with E-state index in [0.29, 0.717) is 32.2 Å². The van der Waals surface area contributed by atoms with Crippen LogP contribution in [0.25, 0.3) is 0 Å². The lowest BCUT2D eigenvalue weighted by molar-refractivity contribution is -0.145. The highest BCUT2D eigenvalue weighted by Gasteiger charge is 2.36. The Morgan fingerprint density at radius 1 is 1.30 bits per heavy atom. The van der Waals surface area contributed by atoms with E-state index in [0.717, 1.165) is 13.1 Å². The smallest absolute Gasteiger partial charge is 0.306 e. The van der Waals surface area contributed by atoms with Gasteiger partial charge in [0.25, 0.3) is 0 Å². The Balaban J connectivity index is 1.70. The molecule has 116 valence electrons. The van der Waals surface area contributed by atoms with E-state index in [1.807, 2.05) is 0 Å². The van der Waals surface area contributed by atoms with Crippen molar-refractivity contribution in [1.82, 2.24) is 9.80 Å². The van der Waals surface area contributed by atoms with E-state index in [1.165, 1.54) is 25.9 Å². The lowest BCUT2D eigenvalue weighted by Crippen LogP contribution is -2.46. The summed E-state index contributed by atoms with van der Waals surface area (Å²) in [5.74, 6) is -0.973. The fourth-order valence-corrected chi connectivity index (χ4v) is 3.46. The molecular formula is C15H28N2O3. The summed E-state index contributed by atoms with van der Waals surface area (Å²) in [6.07, 6.45) is 5.04. The van der Waals surface area contributed by atoms with Crippen LogP contribution in [0, 0.1) is 5.92 Å². The number of likely N-dealkylation sites (N-methyl/N-ethyl adjacent to an activating group) is 1. The zero-order valence-electron chi connectivity index (χ0n) is 12.6. The number of carboxylic acid groups (broad SMARTS) is 1. The van der Waals surface area contributed by atoms with E-state index in [4.69, 9.17) is 5.11 Å². The first-order chi connectivity index (χ1) is 9.48. The summed E-state index contributed by atoms with van der Waals surface area (Å²) in [4.78, 5) is 15.6. The van der Waals surface area contributed by atoms with Gasteiger partial charge in [0.1, 0.15) is 0 Å². The van der Waals surface area contributed by atoms with Crippen molar-refractivity contribution in [3.8, 4) is 0 Å². The Kier molecular flexibility index (Phi) is 5.41. The molecule has 0 atom stereocenters. The highest BCUT2D eigenvalue weighted by atomic mass is 16.4. The molecular weight excluding hydrogens is 256 g/mol. The predicted octanol–water partition coefficient (Wildman–Crippen LogP) is 1.02. The number of carboxylic acids is 1. The molecule has 20 heavy (non-hydrogen) atoms. The van der Waals surface area contributed by atoms with Crippen LogP contribution in [0.2, 0.25) is 0 Å². The first kappa shape index (κ1) is 15.7. The van der Waals surface area contributed by atoms with E-state index >= 15 is 0 Å². The minimum Gasteiger partial charge on any atom is -0.481 e. The second kappa shape index (κ2) is 6.87. The molecule has 1 saturated heterocycles. The molecule has 0 bridgehead atoms. The molecule has 1 aliphatic heterocycles. The molecule has 1 aliphatic carbocycles. The fraction of sp³-hybridized carbons (Fsp3) is 0.933. The average Bonchev–Trinajstić information content (AvgIpc) is 2.89. The number of aliphatic carboxylic acids is 1. The van der Waals surface area contributed by atoms with Gasteiger partial charge in [0.05, 0.1) is 11.5 Å². The maximum atomic E-state index is 10.9. The molecule has 2 N–H and O–H groups in total. The Morgan fingerprint density at radius 2 is 1.90 bits per heavy atom. The SMILES string of the molecule is CN(CCN1CCCC1)CC1(O)CCC(C(=O)O)CC1. The highest BCUT2D eigenvalue weighted by Crippen LogP contribution is 2.32. The van der Waals surface area contributed by atoms with Crippen LogP contribution >= 0.6 is 0 Å². The van der Waals surface area contributed by atoms with Crippen LogP contribution in [-0.2, 0) is 4.79 Å². The molecule has 0 aromatic carbocycles. The van der Waals surface area contributed by atoms with Gasteiger partial charge in [-0.3, -0.25) is 4.79 Å². The zero-order valence-corrected chi connectivity index (χ0v) is 12.6. The van der Waals surface area contributed by atoms with Gasteiger partial charge in [0, 0.05) is 19.6 Å². The van der Waals surface area contributed by atoms with Crippen LogP contribution in [0.15, 0.2) is 0 Å². The van der Waals surface area contributed by atoms with Gasteiger partial charge in [-0.25, -0.2) is 0 Å². The number of nitrogens with zero attached hydrogens (tertiary/aromatic N) is 2. The molecule has 2 aliphatic rings. The largest absolute Gasteiger partial charge is 0.481 e. The van der Waals surface area contributed by atoms with Crippen molar-refractivity contribution in [2.45, 2.75) is 44.1 Å². The molecule has 0 unspecified atom stereocenters. The third-order valence-electron chi connectivity index (χ3n) is 4.83. The van der Waals surface area contributed by atoms with Gasteiger partial charge >= 0.3 is 5.97 Å². The fourth-order valence-electron chi connectivity index (χ4n) is 3.46. The van der Waals surface area contributed by atoms with Crippen LogP contribution in [0.5, 0.6) is 0 Å². The van der Waals surface area contributed by atoms with Gasteiger partial charge in [-0.15, -0.1) is 0 Å². The zero-order chi connectivity index (χ0) is 14.6. The van der Waals surface area contributed by atoms with Crippen LogP contribution in [0.3, 0.4) is 0 Å². The molecule has 2 fully saturated rings. The lowest BCUT2D eigenvalue weighted by atomic mass is 9.78. The molecule has 5 heteroatoms. The van der Waals surface area contributed by atoms with E-state index in [9.17, 15) is 9.90 Å². The van der Waals surface area contributed by atoms with Crippen molar-refractivity contribution in [2.75, 3.05) is 39.8 Å². The van der Waals surface area contributed by atoms with Gasteiger partial charge in [0.2, 0.25) is 0 Å². The number of likely N-dealkylation sites (tertiary alicyclic amines) is 1. The van der Waals surface area contributed by atoms with Crippen molar-refractivity contribution < 1.29 is 15.0 Å². The Hall–Kier alpha value is -0.650. The van der Waals surface area contributed by atoms with Crippen molar-refractivity contribution in [2.24, 2.45) is 5.92 Å². The molecule has 1 heterocycles. The minimum atomic E-state index is -0.713. The standard InChI is InChI=1S/C15H28N2O3/c1-16(10-11-17-8-2-3-9-17)12-15(20)6-4-13(5-7-15)14(18)19/h13,20H,2-12H2,1H3,(H,18,19). The molecule has 0 radical (unpaired) electrons. The molecule has 0 spiro atoms. The minimum absolute atomic E-state index is 0.259. The molecule has 1 saturated carbocycles. The molecule has 0 aromatic rings. The monoisotopic (exact) mass is 284 g/mol. The number of hydrogen-bond donors (Lipinski definition) is 2. The van der Waals surface area contributed by atoms with E-state index in [1.54, 1.807) is 0 Å². The van der Waals surface area contributed by atoms with Gasteiger partial charge in [0.15, 0.2) is 0 Å². The summed E-state index contributed by atoms with van der Waals surface area (Å²) < 4.78 is 0. The normalized spacial score (nSPS) is 31.9. The van der Waals surface area contributed by atoms with Crippen LogP contribution in [-0.4, -0.2) is 71.4 Å². The van der Waals surface area contributed by atoms with Crippen LogP contribution < -0.4 is 0 Å². The predicted molar refractivity (Wildman–Crippen MR) is 77.7 cm³/mol. The van der Waals surface area contributed by atoms with Crippen molar-refractivity contribution in [1.29, 1.82) is 0 Å². The summed E-state index contributed by atoms with van der Waals surface area (Å²) in [7, 11) is 2.05. The maximum absolute atomic E-state index is 10.9. The van der Waals surface area contributed by atoms with Crippen LogP contribution in [0.1, 0.15) is 38.5 Å². The summed E-state index contributed by atoms with van der Waals surface area (Å²) in [5, 5.41) is 19.6. The van der Waals surface area contributed by atoms with Gasteiger partial charge in [-0.05, 0) is 58.7 Å². The average molecular weight is 284 g/mol. The summed E-state index contributed by atoms with van der Waals surface area (Å²) in [6, 6.07) is 0. The van der Waals surface area contributed by atoms with Crippen molar-refractivity contribution >= 4 is 5.97 Å². The Bertz CT molecular complexity index is 321. The molecule has 5 nitrogen and oxygen atoms in total. The van der Waals surface area contributed by atoms with Gasteiger partial charge in [-0.1, -0.05) is 0 Å². The summed E-state index contributed by atoms with van der Waals surface area (Å²) >= 11 is 0.